The number of nitrogens with zero attached hydrogens (tertiary/aromatic N) is 1. The van der Waals surface area contributed by atoms with Gasteiger partial charge in [0.1, 0.15) is 0 Å². The summed E-state index contributed by atoms with van der Waals surface area (Å²) < 4.78 is 0. The Morgan fingerprint density at radius 1 is 0.727 bits per heavy atom. The van der Waals surface area contributed by atoms with E-state index in [1.165, 1.54) is 49.9 Å². The molecule has 0 radical (unpaired) electrons. The molecule has 1 aromatic rings. The second-order valence-corrected chi connectivity index (χ2v) is 6.03. The van der Waals surface area contributed by atoms with E-state index in [0.717, 1.165) is 39.0 Å². The molecule has 0 saturated heterocycles. The van der Waals surface area contributed by atoms with Crippen LogP contribution in [0.3, 0.4) is 0 Å². The molecule has 0 fully saturated rings. The molecule has 2 N–H and O–H groups in total. The van der Waals surface area contributed by atoms with Gasteiger partial charge < -0.3 is 10.6 Å². The molecule has 126 valence electrons. The zero-order chi connectivity index (χ0) is 15.9. The highest BCUT2D eigenvalue weighted by Crippen LogP contribution is 2.01. The summed E-state index contributed by atoms with van der Waals surface area (Å²) in [6, 6.07) is 6.43. The maximum atomic E-state index is 4.76. The van der Waals surface area contributed by atoms with E-state index in [2.05, 4.69) is 42.7 Å². The molecular formula is C19H35N3. The normalized spacial score (nSPS) is 11.0. The minimum atomic E-state index is 1.03. The summed E-state index contributed by atoms with van der Waals surface area (Å²) in [5.74, 6) is 0. The van der Waals surface area contributed by atoms with Crippen LogP contribution < -0.4 is 10.6 Å². The zero-order valence-corrected chi connectivity index (χ0v) is 14.7. The van der Waals surface area contributed by atoms with Crippen molar-refractivity contribution in [3.63, 3.8) is 0 Å². The van der Waals surface area contributed by atoms with E-state index in [-0.39, 0.29) is 0 Å². The second-order valence-electron chi connectivity index (χ2n) is 6.03. The monoisotopic (exact) mass is 305 g/mol. The number of rotatable bonds is 14. The van der Waals surface area contributed by atoms with Crippen molar-refractivity contribution < 1.29 is 0 Å². The molecule has 3 heteroatoms. The Bertz CT molecular complexity index is 334. The standard InChI is InChI=1S/C19H35N3/c1-3-5-7-14-20-16-12-18-10-9-11-19(22-18)13-17-21-15-8-6-4-2/h9-11,20-21H,3-8,12-17H2,1-2H3. The number of hydrogen-bond acceptors (Lipinski definition) is 3. The molecular weight excluding hydrogens is 270 g/mol. The molecule has 1 heterocycles. The molecule has 1 rings (SSSR count). The van der Waals surface area contributed by atoms with Gasteiger partial charge in [-0.05, 0) is 38.1 Å². The van der Waals surface area contributed by atoms with Crippen LogP contribution in [0.2, 0.25) is 0 Å². The largest absolute Gasteiger partial charge is 0.316 e. The van der Waals surface area contributed by atoms with Gasteiger partial charge in [-0.15, -0.1) is 0 Å². The number of unbranched alkanes of at least 4 members (excludes halogenated alkanes) is 4. The van der Waals surface area contributed by atoms with Crippen LogP contribution in [0.5, 0.6) is 0 Å². The van der Waals surface area contributed by atoms with Gasteiger partial charge in [0.25, 0.3) is 0 Å². The van der Waals surface area contributed by atoms with E-state index in [4.69, 9.17) is 4.98 Å². The van der Waals surface area contributed by atoms with Gasteiger partial charge in [0.15, 0.2) is 0 Å². The number of hydrogen-bond donors (Lipinski definition) is 2. The third-order valence-corrected chi connectivity index (χ3v) is 3.89. The lowest BCUT2D eigenvalue weighted by atomic mass is 10.2. The fraction of sp³-hybridized carbons (Fsp3) is 0.737. The summed E-state index contributed by atoms with van der Waals surface area (Å²) in [6.45, 7) is 8.83. The molecule has 0 aromatic carbocycles. The van der Waals surface area contributed by atoms with Gasteiger partial charge in [0, 0.05) is 37.3 Å². The Kier molecular flexibility index (Phi) is 11.9. The highest BCUT2D eigenvalue weighted by atomic mass is 14.9. The Hall–Kier alpha value is -0.930. The molecule has 0 aliphatic heterocycles. The first-order valence-corrected chi connectivity index (χ1v) is 9.23. The molecule has 0 saturated carbocycles. The van der Waals surface area contributed by atoms with Crippen LogP contribution >= 0.6 is 0 Å². The van der Waals surface area contributed by atoms with Gasteiger partial charge in [-0.2, -0.15) is 0 Å². The van der Waals surface area contributed by atoms with E-state index in [1.54, 1.807) is 0 Å². The maximum Gasteiger partial charge on any atom is 0.0419 e. The van der Waals surface area contributed by atoms with Crippen LogP contribution in [0.15, 0.2) is 18.2 Å². The van der Waals surface area contributed by atoms with Crippen LogP contribution in [-0.4, -0.2) is 31.2 Å². The Morgan fingerprint density at radius 2 is 1.23 bits per heavy atom. The van der Waals surface area contributed by atoms with Crippen LogP contribution in [0.25, 0.3) is 0 Å². The quantitative estimate of drug-likeness (QED) is 0.514. The van der Waals surface area contributed by atoms with Crippen LogP contribution in [0.1, 0.15) is 63.8 Å². The molecule has 0 unspecified atom stereocenters. The summed E-state index contributed by atoms with van der Waals surface area (Å²) in [6.07, 6.45) is 9.86. The average molecular weight is 306 g/mol. The van der Waals surface area contributed by atoms with E-state index < -0.39 is 0 Å². The average Bonchev–Trinajstić information content (AvgIpc) is 2.54. The van der Waals surface area contributed by atoms with Crippen molar-refractivity contribution in [2.75, 3.05) is 26.2 Å². The molecule has 0 bridgehead atoms. The number of nitrogens with one attached hydrogen (secondary N) is 2. The van der Waals surface area contributed by atoms with Gasteiger partial charge in [-0.1, -0.05) is 45.6 Å². The van der Waals surface area contributed by atoms with Crippen molar-refractivity contribution in [1.82, 2.24) is 15.6 Å². The molecule has 1 aromatic heterocycles. The topological polar surface area (TPSA) is 37.0 Å². The third-order valence-electron chi connectivity index (χ3n) is 3.89. The van der Waals surface area contributed by atoms with Crippen LogP contribution in [-0.2, 0) is 12.8 Å². The van der Waals surface area contributed by atoms with Crippen LogP contribution in [0, 0.1) is 0 Å². The lowest BCUT2D eigenvalue weighted by molar-refractivity contribution is 0.608. The van der Waals surface area contributed by atoms with E-state index in [0.29, 0.717) is 0 Å². The predicted molar refractivity (Wildman–Crippen MR) is 96.4 cm³/mol. The predicted octanol–water partition coefficient (Wildman–Crippen LogP) is 3.73. The fourth-order valence-corrected chi connectivity index (χ4v) is 2.49. The van der Waals surface area contributed by atoms with Gasteiger partial charge >= 0.3 is 0 Å². The minimum Gasteiger partial charge on any atom is -0.316 e. The molecule has 0 atom stereocenters. The Balaban J connectivity index is 2.13. The maximum absolute atomic E-state index is 4.76. The van der Waals surface area contributed by atoms with Gasteiger partial charge in [-0.3, -0.25) is 4.98 Å². The van der Waals surface area contributed by atoms with Crippen molar-refractivity contribution in [3.8, 4) is 0 Å². The number of aromatic nitrogens is 1. The third kappa shape index (κ3) is 9.91. The lowest BCUT2D eigenvalue weighted by Crippen LogP contribution is -2.20. The molecule has 0 spiro atoms. The summed E-state index contributed by atoms with van der Waals surface area (Å²) in [5.41, 5.74) is 2.43. The first-order valence-electron chi connectivity index (χ1n) is 9.23. The molecule has 0 amide bonds. The Morgan fingerprint density at radius 3 is 1.68 bits per heavy atom. The highest BCUT2D eigenvalue weighted by Gasteiger charge is 1.99. The summed E-state index contributed by atoms with van der Waals surface area (Å²) in [5, 5.41) is 7.02. The van der Waals surface area contributed by atoms with Gasteiger partial charge in [0.2, 0.25) is 0 Å². The van der Waals surface area contributed by atoms with E-state index in [9.17, 15) is 0 Å². The first-order chi connectivity index (χ1) is 10.9. The van der Waals surface area contributed by atoms with Gasteiger partial charge in [0.05, 0.1) is 0 Å². The van der Waals surface area contributed by atoms with Gasteiger partial charge in [-0.25, -0.2) is 0 Å². The van der Waals surface area contributed by atoms with Crippen LogP contribution in [0.4, 0.5) is 0 Å². The van der Waals surface area contributed by atoms with Crippen molar-refractivity contribution in [1.29, 1.82) is 0 Å². The zero-order valence-electron chi connectivity index (χ0n) is 14.7. The van der Waals surface area contributed by atoms with E-state index >= 15 is 0 Å². The number of pyridine rings is 1. The molecule has 22 heavy (non-hydrogen) atoms. The SMILES string of the molecule is CCCCCNCCc1cccc(CCNCCCCC)n1. The Labute approximate surface area is 137 Å². The highest BCUT2D eigenvalue weighted by molar-refractivity contribution is 5.12. The second kappa shape index (κ2) is 13.7. The van der Waals surface area contributed by atoms with E-state index in [1.807, 2.05) is 0 Å². The van der Waals surface area contributed by atoms with Crippen molar-refractivity contribution in [2.45, 2.75) is 65.2 Å². The molecule has 0 aliphatic carbocycles. The van der Waals surface area contributed by atoms with Crippen molar-refractivity contribution >= 4 is 0 Å². The summed E-state index contributed by atoms with van der Waals surface area (Å²) in [7, 11) is 0. The van der Waals surface area contributed by atoms with Crippen molar-refractivity contribution in [2.24, 2.45) is 0 Å². The fourth-order valence-electron chi connectivity index (χ4n) is 2.49. The minimum absolute atomic E-state index is 1.03. The lowest BCUT2D eigenvalue weighted by Gasteiger charge is -2.07. The van der Waals surface area contributed by atoms with Crippen molar-refractivity contribution in [3.05, 3.63) is 29.6 Å². The summed E-state index contributed by atoms with van der Waals surface area (Å²) in [4.78, 5) is 4.76. The summed E-state index contributed by atoms with van der Waals surface area (Å²) >= 11 is 0. The first kappa shape index (κ1) is 19.1. The smallest absolute Gasteiger partial charge is 0.0419 e. The molecule has 0 aliphatic rings. The molecule has 3 nitrogen and oxygen atoms in total.